The third kappa shape index (κ3) is 5.34. The maximum absolute atomic E-state index is 14.1. The molecule has 0 N–H and O–H groups in total. The Kier molecular flexibility index (Phi) is 7.43. The summed E-state index contributed by atoms with van der Waals surface area (Å²) in [5.74, 6) is -0.104. The molecule has 2 aromatic carbocycles. The van der Waals surface area contributed by atoms with Crippen LogP contribution in [0.2, 0.25) is 5.04 Å². The Bertz CT molecular complexity index is 938. The fourth-order valence-corrected chi connectivity index (χ4v) is 7.53. The van der Waals surface area contributed by atoms with Gasteiger partial charge < -0.3 is 9.33 Å². The van der Waals surface area contributed by atoms with Crippen LogP contribution in [0.1, 0.15) is 84.3 Å². The van der Waals surface area contributed by atoms with Crippen molar-refractivity contribution in [2.45, 2.75) is 94.6 Å². The molecule has 2 aliphatic rings. The van der Waals surface area contributed by atoms with Gasteiger partial charge in [0, 0.05) is 17.4 Å². The van der Waals surface area contributed by atoms with E-state index >= 15 is 0 Å². The van der Waals surface area contributed by atoms with Crippen molar-refractivity contribution in [2.75, 3.05) is 19.6 Å². The van der Waals surface area contributed by atoms with Crippen LogP contribution in [0.25, 0.3) is 0 Å². The largest absolute Gasteiger partial charge is 0.418 e. The standard InChI is InChI=1S/C30H44FNOSi/c1-27(2,3)34-33-28(4,5)30(24-12-7-6-8-13-24)18-20-32(21-19-30)23-29(16-9-10-17-29)25-14-11-15-26(31)22-25/h6-8,11-15,22H,9-10,16-21,23,34H2,1-5H3. The number of halogens is 1. The highest BCUT2D eigenvalue weighted by Crippen LogP contribution is 2.48. The number of likely N-dealkylation sites (tertiary alicyclic amines) is 1. The van der Waals surface area contributed by atoms with Gasteiger partial charge in [0.25, 0.3) is 0 Å². The predicted molar refractivity (Wildman–Crippen MR) is 144 cm³/mol. The number of benzene rings is 2. The van der Waals surface area contributed by atoms with Gasteiger partial charge in [0.05, 0.1) is 5.60 Å². The van der Waals surface area contributed by atoms with Crippen LogP contribution in [0.15, 0.2) is 54.6 Å². The van der Waals surface area contributed by atoms with Gasteiger partial charge in [-0.05, 0) is 80.9 Å². The molecule has 2 fully saturated rings. The molecule has 0 spiro atoms. The van der Waals surface area contributed by atoms with Gasteiger partial charge in [-0.15, -0.1) is 0 Å². The molecule has 0 bridgehead atoms. The molecule has 34 heavy (non-hydrogen) atoms. The summed E-state index contributed by atoms with van der Waals surface area (Å²) >= 11 is 0. The lowest BCUT2D eigenvalue weighted by Crippen LogP contribution is -2.57. The van der Waals surface area contributed by atoms with Gasteiger partial charge in [-0.2, -0.15) is 0 Å². The maximum Gasteiger partial charge on any atom is 0.167 e. The molecular weight excluding hydrogens is 437 g/mol. The van der Waals surface area contributed by atoms with Gasteiger partial charge in [0.2, 0.25) is 0 Å². The molecule has 0 amide bonds. The molecule has 4 rings (SSSR count). The fraction of sp³-hybridized carbons (Fsp3) is 0.600. The first-order chi connectivity index (χ1) is 16.1. The van der Waals surface area contributed by atoms with E-state index in [9.17, 15) is 4.39 Å². The molecular formula is C30H44FNOSi. The Morgan fingerprint density at radius 3 is 2.06 bits per heavy atom. The van der Waals surface area contributed by atoms with E-state index in [4.69, 9.17) is 4.43 Å². The molecule has 1 saturated heterocycles. The van der Waals surface area contributed by atoms with E-state index in [-0.39, 0.29) is 27.3 Å². The van der Waals surface area contributed by atoms with Gasteiger partial charge in [-0.25, -0.2) is 4.39 Å². The molecule has 1 saturated carbocycles. The maximum atomic E-state index is 14.1. The average Bonchev–Trinajstić information content (AvgIpc) is 3.28. The van der Waals surface area contributed by atoms with Gasteiger partial charge in [-0.1, -0.05) is 76.1 Å². The summed E-state index contributed by atoms with van der Waals surface area (Å²) < 4.78 is 21.0. The van der Waals surface area contributed by atoms with Crippen LogP contribution in [-0.4, -0.2) is 39.9 Å². The van der Waals surface area contributed by atoms with E-state index in [1.54, 1.807) is 12.1 Å². The summed E-state index contributed by atoms with van der Waals surface area (Å²) in [6.07, 6.45) is 7.03. The summed E-state index contributed by atoms with van der Waals surface area (Å²) in [5, 5.41) is 0.273. The van der Waals surface area contributed by atoms with E-state index in [0.717, 1.165) is 32.5 Å². The smallest absolute Gasteiger partial charge is 0.167 e. The van der Waals surface area contributed by atoms with E-state index in [1.807, 2.05) is 6.07 Å². The molecule has 0 unspecified atom stereocenters. The highest BCUT2D eigenvalue weighted by molar-refractivity contribution is 6.31. The van der Waals surface area contributed by atoms with Crippen LogP contribution in [0.4, 0.5) is 4.39 Å². The van der Waals surface area contributed by atoms with Crippen molar-refractivity contribution in [3.63, 3.8) is 0 Å². The zero-order valence-corrected chi connectivity index (χ0v) is 23.4. The molecule has 1 heterocycles. The van der Waals surface area contributed by atoms with Crippen molar-refractivity contribution in [2.24, 2.45) is 0 Å². The first kappa shape index (κ1) is 25.6. The highest BCUT2D eigenvalue weighted by Gasteiger charge is 2.50. The van der Waals surface area contributed by atoms with Crippen molar-refractivity contribution in [3.8, 4) is 0 Å². The Morgan fingerprint density at radius 1 is 0.853 bits per heavy atom. The Labute approximate surface area is 209 Å². The molecule has 2 nitrogen and oxygen atoms in total. The number of rotatable bonds is 7. The number of hydrogen-bond donors (Lipinski definition) is 0. The molecule has 1 aliphatic carbocycles. The minimum atomic E-state index is -0.669. The summed E-state index contributed by atoms with van der Waals surface area (Å²) in [6.45, 7) is 14.8. The summed E-state index contributed by atoms with van der Waals surface area (Å²) in [4.78, 5) is 2.66. The molecule has 0 aromatic heterocycles. The molecule has 2 aromatic rings. The summed E-state index contributed by atoms with van der Waals surface area (Å²) in [7, 11) is -0.669. The summed E-state index contributed by atoms with van der Waals surface area (Å²) in [5.41, 5.74) is 2.53. The predicted octanol–water partition coefficient (Wildman–Crippen LogP) is 6.77. The van der Waals surface area contributed by atoms with E-state index in [1.165, 1.54) is 36.8 Å². The molecule has 0 atom stereocenters. The fourth-order valence-electron chi connectivity index (χ4n) is 6.46. The normalized spacial score (nSPS) is 21.4. The molecule has 0 radical (unpaired) electrons. The van der Waals surface area contributed by atoms with E-state index in [2.05, 4.69) is 75.9 Å². The Hall–Kier alpha value is -1.49. The van der Waals surface area contributed by atoms with Crippen LogP contribution in [-0.2, 0) is 15.3 Å². The second kappa shape index (κ2) is 9.87. The number of nitrogens with zero attached hydrogens (tertiary/aromatic N) is 1. The molecule has 4 heteroatoms. The van der Waals surface area contributed by atoms with Crippen LogP contribution in [0.3, 0.4) is 0 Å². The third-order valence-electron chi connectivity index (χ3n) is 8.58. The zero-order chi connectivity index (χ0) is 24.5. The van der Waals surface area contributed by atoms with Gasteiger partial charge in [-0.3, -0.25) is 0 Å². The number of hydrogen-bond acceptors (Lipinski definition) is 2. The second-order valence-electron chi connectivity index (χ2n) is 12.6. The van der Waals surface area contributed by atoms with Crippen molar-refractivity contribution < 1.29 is 8.82 Å². The highest BCUT2D eigenvalue weighted by atomic mass is 28.2. The first-order valence-corrected chi connectivity index (χ1v) is 14.5. The van der Waals surface area contributed by atoms with Gasteiger partial charge in [0.1, 0.15) is 5.82 Å². The van der Waals surface area contributed by atoms with Crippen LogP contribution < -0.4 is 0 Å². The van der Waals surface area contributed by atoms with E-state index in [0.29, 0.717) is 0 Å². The van der Waals surface area contributed by atoms with Crippen LogP contribution in [0, 0.1) is 5.82 Å². The minimum Gasteiger partial charge on any atom is -0.418 e. The topological polar surface area (TPSA) is 12.5 Å². The Balaban J connectivity index is 1.55. The van der Waals surface area contributed by atoms with E-state index < -0.39 is 9.76 Å². The quantitative estimate of drug-likeness (QED) is 0.405. The third-order valence-corrected chi connectivity index (χ3v) is 10.3. The molecule has 1 aliphatic heterocycles. The summed E-state index contributed by atoms with van der Waals surface area (Å²) in [6, 6.07) is 18.5. The van der Waals surface area contributed by atoms with Crippen LogP contribution in [0.5, 0.6) is 0 Å². The molecule has 186 valence electrons. The number of piperidine rings is 1. The van der Waals surface area contributed by atoms with Gasteiger partial charge >= 0.3 is 0 Å². The lowest BCUT2D eigenvalue weighted by molar-refractivity contribution is -0.0227. The monoisotopic (exact) mass is 481 g/mol. The minimum absolute atomic E-state index is 0.0186. The van der Waals surface area contributed by atoms with Crippen molar-refractivity contribution >= 4 is 9.76 Å². The second-order valence-corrected chi connectivity index (χ2v) is 15.3. The Morgan fingerprint density at radius 2 is 1.47 bits per heavy atom. The zero-order valence-electron chi connectivity index (χ0n) is 22.0. The van der Waals surface area contributed by atoms with Gasteiger partial charge in [0.15, 0.2) is 9.76 Å². The SMILES string of the molecule is CC(C)(C)[SiH2]OC(C)(C)C1(c2ccccc2)CCN(CC2(c3cccc(F)c3)CCCC2)CC1. The van der Waals surface area contributed by atoms with Crippen molar-refractivity contribution in [1.29, 1.82) is 0 Å². The van der Waals surface area contributed by atoms with Crippen LogP contribution >= 0.6 is 0 Å². The lowest BCUT2D eigenvalue weighted by atomic mass is 9.63. The van der Waals surface area contributed by atoms with Crippen molar-refractivity contribution in [1.82, 2.24) is 4.90 Å². The van der Waals surface area contributed by atoms with Crippen molar-refractivity contribution in [3.05, 3.63) is 71.5 Å². The lowest BCUT2D eigenvalue weighted by Gasteiger charge is -2.53. The average molecular weight is 482 g/mol. The first-order valence-electron chi connectivity index (χ1n) is 13.2.